The Kier molecular flexibility index (Phi) is 7.27. The van der Waals surface area contributed by atoms with Gasteiger partial charge in [-0.25, -0.2) is 9.18 Å². The molecule has 1 aliphatic heterocycles. The number of hydrogen-bond donors (Lipinski definition) is 1. The van der Waals surface area contributed by atoms with Crippen molar-refractivity contribution in [2.45, 2.75) is 26.8 Å². The summed E-state index contributed by atoms with van der Waals surface area (Å²) in [5.41, 5.74) is 1.10. The lowest BCUT2D eigenvalue weighted by atomic mass is 10.0. The van der Waals surface area contributed by atoms with Crippen molar-refractivity contribution in [3.63, 3.8) is 0 Å². The maximum Gasteiger partial charge on any atom is 0.340 e. The molecule has 1 heterocycles. The van der Waals surface area contributed by atoms with Gasteiger partial charge in [-0.1, -0.05) is 24.3 Å². The summed E-state index contributed by atoms with van der Waals surface area (Å²) in [7, 11) is 1.22. The SMILES string of the molecule is COC(=O)C1=C(C)N(c2ccccc2F)C(=O)/C1=C\c1ccc(OCC(=O)NC(C)C)cc1. The average Bonchev–Trinajstić information content (AvgIpc) is 3.02. The van der Waals surface area contributed by atoms with E-state index in [2.05, 4.69) is 5.32 Å². The highest BCUT2D eigenvalue weighted by Crippen LogP contribution is 2.36. The molecule has 0 radical (unpaired) electrons. The molecule has 0 aliphatic carbocycles. The number of methoxy groups -OCH3 is 1. The molecule has 0 unspecified atom stereocenters. The molecule has 33 heavy (non-hydrogen) atoms. The predicted octanol–water partition coefficient (Wildman–Crippen LogP) is 3.61. The summed E-state index contributed by atoms with van der Waals surface area (Å²) in [6.45, 7) is 5.16. The minimum absolute atomic E-state index is 0.0171. The zero-order valence-corrected chi connectivity index (χ0v) is 18.8. The van der Waals surface area contributed by atoms with Crippen LogP contribution in [0.25, 0.3) is 6.08 Å². The van der Waals surface area contributed by atoms with E-state index in [0.717, 1.165) is 4.90 Å². The van der Waals surface area contributed by atoms with Gasteiger partial charge in [-0.15, -0.1) is 0 Å². The van der Waals surface area contributed by atoms with E-state index in [1.807, 2.05) is 13.8 Å². The van der Waals surface area contributed by atoms with Gasteiger partial charge in [0.25, 0.3) is 11.8 Å². The molecular formula is C25H25FN2O5. The summed E-state index contributed by atoms with van der Waals surface area (Å²) in [5.74, 6) is -1.57. The molecule has 0 fully saturated rings. The van der Waals surface area contributed by atoms with Crippen molar-refractivity contribution in [1.82, 2.24) is 5.32 Å². The van der Waals surface area contributed by atoms with Crippen LogP contribution < -0.4 is 15.0 Å². The van der Waals surface area contributed by atoms with Crippen molar-refractivity contribution < 1.29 is 28.2 Å². The lowest BCUT2D eigenvalue weighted by Gasteiger charge is -2.18. The summed E-state index contributed by atoms with van der Waals surface area (Å²) in [4.78, 5) is 38.6. The van der Waals surface area contributed by atoms with Crippen LogP contribution in [0.4, 0.5) is 10.1 Å². The van der Waals surface area contributed by atoms with Gasteiger partial charge in [0.2, 0.25) is 0 Å². The maximum absolute atomic E-state index is 14.4. The summed E-state index contributed by atoms with van der Waals surface area (Å²) in [6, 6.07) is 12.5. The first-order valence-corrected chi connectivity index (χ1v) is 10.4. The van der Waals surface area contributed by atoms with E-state index < -0.39 is 17.7 Å². The number of allylic oxidation sites excluding steroid dienone is 1. The number of esters is 1. The minimum Gasteiger partial charge on any atom is -0.484 e. The first kappa shape index (κ1) is 23.7. The standard InChI is InChI=1S/C25H25FN2O5/c1-15(2)27-22(29)14-33-18-11-9-17(10-12-18)13-19-23(25(31)32-4)16(3)28(24(19)30)21-8-6-5-7-20(21)26/h5-13,15H,14H2,1-4H3,(H,27,29)/b19-13-. The molecule has 7 nitrogen and oxygen atoms in total. The summed E-state index contributed by atoms with van der Waals surface area (Å²) < 4.78 is 24.7. The molecule has 0 atom stereocenters. The van der Waals surface area contributed by atoms with E-state index in [-0.39, 0.29) is 41.1 Å². The molecule has 8 heteroatoms. The third-order valence-corrected chi connectivity index (χ3v) is 4.89. The number of carbonyl (C=O) groups is 3. The highest BCUT2D eigenvalue weighted by molar-refractivity contribution is 6.23. The van der Waals surface area contributed by atoms with E-state index in [1.165, 1.54) is 31.4 Å². The van der Waals surface area contributed by atoms with Crippen LogP contribution in [-0.2, 0) is 19.1 Å². The molecule has 2 amide bonds. The topological polar surface area (TPSA) is 84.9 Å². The number of para-hydroxylation sites is 1. The Hall–Kier alpha value is -3.94. The lowest BCUT2D eigenvalue weighted by molar-refractivity contribution is -0.136. The highest BCUT2D eigenvalue weighted by atomic mass is 19.1. The van der Waals surface area contributed by atoms with E-state index in [9.17, 15) is 18.8 Å². The van der Waals surface area contributed by atoms with Gasteiger partial charge >= 0.3 is 5.97 Å². The maximum atomic E-state index is 14.4. The van der Waals surface area contributed by atoms with Gasteiger partial charge < -0.3 is 14.8 Å². The zero-order chi connectivity index (χ0) is 24.1. The number of anilines is 1. The number of ether oxygens (including phenoxy) is 2. The number of benzene rings is 2. The second-order valence-corrected chi connectivity index (χ2v) is 7.68. The Bertz CT molecular complexity index is 1140. The van der Waals surface area contributed by atoms with Crippen LogP contribution in [0.2, 0.25) is 0 Å². The molecule has 172 valence electrons. The summed E-state index contributed by atoms with van der Waals surface area (Å²) in [5, 5.41) is 2.73. The van der Waals surface area contributed by atoms with Crippen molar-refractivity contribution in [3.05, 3.63) is 76.8 Å². The lowest BCUT2D eigenvalue weighted by Crippen LogP contribution is -2.34. The Morgan fingerprint density at radius 1 is 1.12 bits per heavy atom. The molecule has 1 aliphatic rings. The quantitative estimate of drug-likeness (QED) is 0.513. The van der Waals surface area contributed by atoms with Crippen molar-refractivity contribution in [3.8, 4) is 5.75 Å². The number of nitrogens with zero attached hydrogens (tertiary/aromatic N) is 1. The number of halogens is 1. The summed E-state index contributed by atoms with van der Waals surface area (Å²) >= 11 is 0. The van der Waals surface area contributed by atoms with Crippen molar-refractivity contribution >= 4 is 29.5 Å². The van der Waals surface area contributed by atoms with E-state index in [0.29, 0.717) is 11.3 Å². The smallest absolute Gasteiger partial charge is 0.340 e. The second-order valence-electron chi connectivity index (χ2n) is 7.68. The van der Waals surface area contributed by atoms with Crippen LogP contribution in [0.3, 0.4) is 0 Å². The predicted molar refractivity (Wildman–Crippen MR) is 122 cm³/mol. The second kappa shape index (κ2) is 10.1. The van der Waals surface area contributed by atoms with Gasteiger partial charge in [0, 0.05) is 11.7 Å². The Morgan fingerprint density at radius 3 is 2.39 bits per heavy atom. The molecule has 1 N–H and O–H groups in total. The van der Waals surface area contributed by atoms with Gasteiger partial charge in [-0.3, -0.25) is 14.5 Å². The van der Waals surface area contributed by atoms with Gasteiger partial charge in [-0.05, 0) is 56.7 Å². The molecule has 0 saturated heterocycles. The largest absolute Gasteiger partial charge is 0.484 e. The zero-order valence-electron chi connectivity index (χ0n) is 18.8. The molecule has 2 aromatic rings. The van der Waals surface area contributed by atoms with Crippen LogP contribution in [-0.4, -0.2) is 37.5 Å². The van der Waals surface area contributed by atoms with Crippen LogP contribution in [0, 0.1) is 5.82 Å². The number of hydrogen-bond acceptors (Lipinski definition) is 5. The molecular weight excluding hydrogens is 427 g/mol. The van der Waals surface area contributed by atoms with Gasteiger partial charge in [0.05, 0.1) is 23.9 Å². The van der Waals surface area contributed by atoms with E-state index in [4.69, 9.17) is 9.47 Å². The molecule has 0 spiro atoms. The molecule has 0 bridgehead atoms. The van der Waals surface area contributed by atoms with Crippen LogP contribution >= 0.6 is 0 Å². The van der Waals surface area contributed by atoms with E-state index in [1.54, 1.807) is 37.3 Å². The van der Waals surface area contributed by atoms with Crippen molar-refractivity contribution in [2.75, 3.05) is 18.6 Å². The summed E-state index contributed by atoms with van der Waals surface area (Å²) in [6.07, 6.45) is 1.54. The highest BCUT2D eigenvalue weighted by Gasteiger charge is 2.38. The monoisotopic (exact) mass is 452 g/mol. The molecule has 0 saturated carbocycles. The van der Waals surface area contributed by atoms with Crippen LogP contribution in [0.1, 0.15) is 26.3 Å². The van der Waals surface area contributed by atoms with Crippen molar-refractivity contribution in [2.24, 2.45) is 0 Å². The van der Waals surface area contributed by atoms with Crippen molar-refractivity contribution in [1.29, 1.82) is 0 Å². The fourth-order valence-corrected chi connectivity index (χ4v) is 3.44. The fraction of sp³-hybridized carbons (Fsp3) is 0.240. The minimum atomic E-state index is -0.693. The third kappa shape index (κ3) is 5.28. The molecule has 0 aromatic heterocycles. The number of nitrogens with one attached hydrogen (secondary N) is 1. The first-order valence-electron chi connectivity index (χ1n) is 10.4. The van der Waals surface area contributed by atoms with Gasteiger partial charge in [0.15, 0.2) is 6.61 Å². The number of carbonyl (C=O) groups excluding carboxylic acids is 3. The van der Waals surface area contributed by atoms with E-state index >= 15 is 0 Å². The molecule has 2 aromatic carbocycles. The average molecular weight is 452 g/mol. The van der Waals surface area contributed by atoms with Gasteiger partial charge in [0.1, 0.15) is 11.6 Å². The first-order chi connectivity index (χ1) is 15.7. The normalized spacial score (nSPS) is 14.8. The third-order valence-electron chi connectivity index (χ3n) is 4.89. The van der Waals surface area contributed by atoms with Crippen LogP contribution in [0.15, 0.2) is 65.4 Å². The van der Waals surface area contributed by atoms with Gasteiger partial charge in [-0.2, -0.15) is 0 Å². The Balaban J connectivity index is 1.88. The Morgan fingerprint density at radius 2 is 1.79 bits per heavy atom. The number of rotatable bonds is 7. The Labute approximate surface area is 191 Å². The number of amides is 2. The van der Waals surface area contributed by atoms with Crippen LogP contribution in [0.5, 0.6) is 5.75 Å². The molecule has 3 rings (SSSR count). The fourth-order valence-electron chi connectivity index (χ4n) is 3.44.